The van der Waals surface area contributed by atoms with E-state index in [-0.39, 0.29) is 29.8 Å². The molecule has 0 saturated heterocycles. The van der Waals surface area contributed by atoms with Crippen LogP contribution in [0.2, 0.25) is 0 Å². The molecule has 0 bridgehead atoms. The number of benzene rings is 2. The monoisotopic (exact) mass is 480 g/mol. The van der Waals surface area contributed by atoms with Gasteiger partial charge in [0.1, 0.15) is 11.9 Å². The fourth-order valence-electron chi connectivity index (χ4n) is 4.48. The predicted molar refractivity (Wildman–Crippen MR) is 128 cm³/mol. The zero-order valence-electron chi connectivity index (χ0n) is 19.8. The number of hydrogen-bond acceptors (Lipinski definition) is 5. The van der Waals surface area contributed by atoms with Gasteiger partial charge in [-0.15, -0.1) is 0 Å². The molecule has 35 heavy (non-hydrogen) atoms. The lowest BCUT2D eigenvalue weighted by atomic mass is 10.0. The first kappa shape index (κ1) is 24.3. The number of nitrogens with one attached hydrogen (secondary N) is 1. The van der Waals surface area contributed by atoms with E-state index in [4.69, 9.17) is 13.9 Å². The summed E-state index contributed by atoms with van der Waals surface area (Å²) in [5.74, 6) is -0.378. The first-order valence-corrected chi connectivity index (χ1v) is 11.6. The van der Waals surface area contributed by atoms with E-state index in [0.717, 1.165) is 25.7 Å². The van der Waals surface area contributed by atoms with Crippen molar-refractivity contribution >= 4 is 11.8 Å². The van der Waals surface area contributed by atoms with Gasteiger partial charge in [-0.2, -0.15) is 0 Å². The normalized spacial score (nSPS) is 14.4. The Hall–Kier alpha value is -3.81. The van der Waals surface area contributed by atoms with Gasteiger partial charge in [-0.3, -0.25) is 9.59 Å². The van der Waals surface area contributed by atoms with Crippen molar-refractivity contribution in [3.05, 3.63) is 83.6 Å². The standard InChI is InChI=1S/C27H29FN2O5/c1-33-22-14-13-18(16-24(22)34-2)25(26(31)29-20-9-4-5-10-20)30(27(32)23-12-7-15-35-23)17-19-8-3-6-11-21(19)28/h3,6-8,11-16,20,25H,4-5,9-10,17H2,1-2H3,(H,29,31)/t25-/m1/s1. The van der Waals surface area contributed by atoms with E-state index in [9.17, 15) is 14.0 Å². The van der Waals surface area contributed by atoms with Crippen LogP contribution < -0.4 is 14.8 Å². The SMILES string of the molecule is COc1ccc([C@H](C(=O)NC2CCCC2)N(Cc2ccccc2F)C(=O)c2ccco2)cc1OC. The summed E-state index contributed by atoms with van der Waals surface area (Å²) in [6.45, 7) is -0.136. The maximum Gasteiger partial charge on any atom is 0.290 e. The van der Waals surface area contributed by atoms with E-state index in [1.165, 1.54) is 37.5 Å². The third kappa shape index (κ3) is 5.48. The van der Waals surface area contributed by atoms with Gasteiger partial charge in [0.2, 0.25) is 5.91 Å². The summed E-state index contributed by atoms with van der Waals surface area (Å²) in [6, 6.07) is 13.3. The van der Waals surface area contributed by atoms with Crippen molar-refractivity contribution in [2.24, 2.45) is 0 Å². The van der Waals surface area contributed by atoms with E-state index in [1.54, 1.807) is 42.5 Å². The highest BCUT2D eigenvalue weighted by Crippen LogP contribution is 2.34. The fourth-order valence-corrected chi connectivity index (χ4v) is 4.48. The number of halogens is 1. The number of nitrogens with zero attached hydrogens (tertiary/aromatic N) is 1. The van der Waals surface area contributed by atoms with Gasteiger partial charge >= 0.3 is 0 Å². The largest absolute Gasteiger partial charge is 0.493 e. The molecule has 0 aliphatic heterocycles. The Morgan fingerprint density at radius 1 is 1.06 bits per heavy atom. The second-order valence-corrected chi connectivity index (χ2v) is 8.51. The Morgan fingerprint density at radius 3 is 2.46 bits per heavy atom. The van der Waals surface area contributed by atoms with Crippen LogP contribution in [0.5, 0.6) is 11.5 Å². The van der Waals surface area contributed by atoms with Crippen molar-refractivity contribution < 1.29 is 27.9 Å². The Bertz CT molecular complexity index is 1160. The Balaban J connectivity index is 1.80. The number of amides is 2. The van der Waals surface area contributed by atoms with E-state index in [2.05, 4.69) is 5.32 Å². The van der Waals surface area contributed by atoms with Crippen LogP contribution >= 0.6 is 0 Å². The van der Waals surface area contributed by atoms with E-state index < -0.39 is 17.8 Å². The topological polar surface area (TPSA) is 81.0 Å². The third-order valence-electron chi connectivity index (χ3n) is 6.28. The molecule has 1 aliphatic rings. The molecule has 3 aromatic rings. The van der Waals surface area contributed by atoms with Gasteiger partial charge in [-0.1, -0.05) is 37.1 Å². The van der Waals surface area contributed by atoms with Crippen LogP contribution in [-0.4, -0.2) is 37.0 Å². The van der Waals surface area contributed by atoms with Crippen molar-refractivity contribution in [3.63, 3.8) is 0 Å². The molecule has 2 aromatic carbocycles. The van der Waals surface area contributed by atoms with Crippen LogP contribution in [0.3, 0.4) is 0 Å². The molecule has 1 heterocycles. The predicted octanol–water partition coefficient (Wildman–Crippen LogP) is 4.88. The molecule has 0 radical (unpaired) electrons. The van der Waals surface area contributed by atoms with Crippen molar-refractivity contribution in [1.29, 1.82) is 0 Å². The highest BCUT2D eigenvalue weighted by molar-refractivity contribution is 5.96. The van der Waals surface area contributed by atoms with Gasteiger partial charge in [0, 0.05) is 11.6 Å². The molecule has 1 atom stereocenters. The Labute approximate surface area is 203 Å². The average molecular weight is 481 g/mol. The summed E-state index contributed by atoms with van der Waals surface area (Å²) in [5.41, 5.74) is 0.793. The second kappa shape index (κ2) is 11.1. The second-order valence-electron chi connectivity index (χ2n) is 8.51. The average Bonchev–Trinajstić information content (AvgIpc) is 3.59. The molecule has 0 unspecified atom stereocenters. The van der Waals surface area contributed by atoms with E-state index >= 15 is 0 Å². The summed E-state index contributed by atoms with van der Waals surface area (Å²) in [4.78, 5) is 28.7. The molecule has 1 aromatic heterocycles. The number of hydrogen-bond donors (Lipinski definition) is 1. The molecular formula is C27H29FN2O5. The molecule has 2 amide bonds. The fraction of sp³-hybridized carbons (Fsp3) is 0.333. The highest BCUT2D eigenvalue weighted by Gasteiger charge is 2.35. The molecule has 8 heteroatoms. The van der Waals surface area contributed by atoms with Gasteiger partial charge < -0.3 is 24.1 Å². The number of carbonyl (C=O) groups excluding carboxylic acids is 2. The maximum atomic E-state index is 14.7. The number of ether oxygens (including phenoxy) is 2. The lowest BCUT2D eigenvalue weighted by molar-refractivity contribution is -0.126. The lowest BCUT2D eigenvalue weighted by Gasteiger charge is -2.32. The molecule has 7 nitrogen and oxygen atoms in total. The number of furan rings is 1. The lowest BCUT2D eigenvalue weighted by Crippen LogP contribution is -2.46. The van der Waals surface area contributed by atoms with E-state index in [1.807, 2.05) is 0 Å². The molecule has 1 fully saturated rings. The van der Waals surface area contributed by atoms with Gasteiger partial charge in [-0.25, -0.2) is 4.39 Å². The Kier molecular flexibility index (Phi) is 7.70. The maximum absolute atomic E-state index is 14.7. The molecule has 0 spiro atoms. The molecule has 1 saturated carbocycles. The smallest absolute Gasteiger partial charge is 0.290 e. The first-order chi connectivity index (χ1) is 17.0. The molecule has 184 valence electrons. The van der Waals surface area contributed by atoms with Crippen molar-refractivity contribution in [1.82, 2.24) is 10.2 Å². The van der Waals surface area contributed by atoms with Crippen LogP contribution in [0, 0.1) is 5.82 Å². The number of methoxy groups -OCH3 is 2. The highest BCUT2D eigenvalue weighted by atomic mass is 19.1. The van der Waals surface area contributed by atoms with Gasteiger partial charge in [0.25, 0.3) is 5.91 Å². The third-order valence-corrected chi connectivity index (χ3v) is 6.28. The quantitative estimate of drug-likeness (QED) is 0.472. The van der Waals surface area contributed by atoms with Gasteiger partial charge in [0.15, 0.2) is 17.3 Å². The zero-order valence-corrected chi connectivity index (χ0v) is 19.8. The molecule has 1 aliphatic carbocycles. The minimum absolute atomic E-state index is 0.0270. The summed E-state index contributed by atoms with van der Waals surface area (Å²) in [5, 5.41) is 3.10. The van der Waals surface area contributed by atoms with Gasteiger partial charge in [-0.05, 0) is 48.7 Å². The number of carbonyl (C=O) groups is 2. The van der Waals surface area contributed by atoms with Crippen LogP contribution in [0.4, 0.5) is 4.39 Å². The van der Waals surface area contributed by atoms with Crippen LogP contribution in [0.15, 0.2) is 65.3 Å². The minimum Gasteiger partial charge on any atom is -0.493 e. The summed E-state index contributed by atoms with van der Waals surface area (Å²) >= 11 is 0. The van der Waals surface area contributed by atoms with Crippen LogP contribution in [0.25, 0.3) is 0 Å². The minimum atomic E-state index is -1.06. The van der Waals surface area contributed by atoms with Gasteiger partial charge in [0.05, 0.1) is 27.0 Å². The van der Waals surface area contributed by atoms with E-state index in [0.29, 0.717) is 17.1 Å². The first-order valence-electron chi connectivity index (χ1n) is 11.6. The Morgan fingerprint density at radius 2 is 1.80 bits per heavy atom. The van der Waals surface area contributed by atoms with Crippen molar-refractivity contribution in [3.8, 4) is 11.5 Å². The zero-order chi connectivity index (χ0) is 24.8. The van der Waals surface area contributed by atoms with Crippen LogP contribution in [0.1, 0.15) is 53.4 Å². The summed E-state index contributed by atoms with van der Waals surface area (Å²) < 4.78 is 30.8. The van der Waals surface area contributed by atoms with Crippen LogP contribution in [-0.2, 0) is 11.3 Å². The summed E-state index contributed by atoms with van der Waals surface area (Å²) in [6.07, 6.45) is 5.22. The molecule has 4 rings (SSSR count). The molecule has 1 N–H and O–H groups in total. The van der Waals surface area contributed by atoms with Crippen molar-refractivity contribution in [2.45, 2.75) is 44.3 Å². The van der Waals surface area contributed by atoms with Crippen molar-refractivity contribution in [2.75, 3.05) is 14.2 Å². The number of rotatable bonds is 9. The molecular weight excluding hydrogens is 451 g/mol. The summed E-state index contributed by atoms with van der Waals surface area (Å²) in [7, 11) is 3.02.